The first kappa shape index (κ1) is 15.9. The molecule has 1 unspecified atom stereocenters. The van der Waals surface area contributed by atoms with Crippen LogP contribution in [-0.2, 0) is 6.54 Å². The number of nitrogens with one attached hydrogen (secondary N) is 1. The van der Waals surface area contributed by atoms with Crippen LogP contribution in [0.3, 0.4) is 0 Å². The number of hydrogen-bond acceptors (Lipinski definition) is 1. The van der Waals surface area contributed by atoms with E-state index in [-0.39, 0.29) is 6.04 Å². The Morgan fingerprint density at radius 2 is 1.55 bits per heavy atom. The molecule has 0 aliphatic carbocycles. The minimum absolute atomic E-state index is 0.0785. The van der Waals surface area contributed by atoms with Crippen LogP contribution in [0.5, 0.6) is 0 Å². The van der Waals surface area contributed by atoms with Crippen LogP contribution in [0.25, 0.3) is 0 Å². The second-order valence-corrected chi connectivity index (χ2v) is 6.19. The van der Waals surface area contributed by atoms with Crippen LogP contribution < -0.4 is 5.32 Å². The van der Waals surface area contributed by atoms with Crippen LogP contribution in [0, 0.1) is 0 Å². The van der Waals surface area contributed by atoms with Crippen molar-refractivity contribution in [2.24, 2.45) is 0 Å². The fourth-order valence-corrected chi connectivity index (χ4v) is 2.86. The second kappa shape index (κ2) is 7.02. The first-order chi connectivity index (χ1) is 9.47. The van der Waals surface area contributed by atoms with E-state index in [1.807, 2.05) is 25.1 Å². The van der Waals surface area contributed by atoms with Crippen LogP contribution in [-0.4, -0.2) is 0 Å². The molecule has 0 fully saturated rings. The van der Waals surface area contributed by atoms with Gasteiger partial charge in [0.1, 0.15) is 0 Å². The van der Waals surface area contributed by atoms with Crippen molar-refractivity contribution in [3.05, 3.63) is 67.6 Å². The lowest BCUT2D eigenvalue weighted by Crippen LogP contribution is -2.18. The highest BCUT2D eigenvalue weighted by Gasteiger charge is 2.10. The van der Waals surface area contributed by atoms with Gasteiger partial charge in [0.05, 0.1) is 0 Å². The molecule has 106 valence electrons. The smallest absolute Gasteiger partial charge is 0.0468 e. The average molecular weight is 349 g/mol. The summed E-state index contributed by atoms with van der Waals surface area (Å²) in [6, 6.07) is 11.0. The van der Waals surface area contributed by atoms with E-state index in [0.29, 0.717) is 26.6 Å². The molecular weight excluding hydrogens is 336 g/mol. The molecule has 2 aromatic carbocycles. The molecule has 0 bridgehead atoms. The largest absolute Gasteiger partial charge is 0.306 e. The second-order valence-electron chi connectivity index (χ2n) is 4.50. The maximum atomic E-state index is 6.19. The number of benzene rings is 2. The normalized spacial score (nSPS) is 12.4. The Hall–Kier alpha value is -0.440. The van der Waals surface area contributed by atoms with E-state index < -0.39 is 0 Å². The van der Waals surface area contributed by atoms with E-state index in [4.69, 9.17) is 46.4 Å². The monoisotopic (exact) mass is 347 g/mol. The molecule has 0 amide bonds. The molecule has 1 nitrogen and oxygen atoms in total. The summed E-state index contributed by atoms with van der Waals surface area (Å²) in [6.07, 6.45) is 0. The predicted molar refractivity (Wildman–Crippen MR) is 88.2 cm³/mol. The molecule has 0 heterocycles. The molecule has 0 saturated heterocycles. The SMILES string of the molecule is CC(NCc1cc(Cl)ccc1Cl)c1ccc(Cl)cc1Cl. The van der Waals surface area contributed by atoms with E-state index in [1.165, 1.54) is 0 Å². The molecule has 0 aliphatic rings. The van der Waals surface area contributed by atoms with Crippen LogP contribution >= 0.6 is 46.4 Å². The first-order valence-electron chi connectivity index (χ1n) is 6.09. The van der Waals surface area contributed by atoms with Gasteiger partial charge in [0.2, 0.25) is 0 Å². The van der Waals surface area contributed by atoms with E-state index in [0.717, 1.165) is 11.1 Å². The molecule has 0 saturated carbocycles. The Bertz CT molecular complexity index is 613. The highest BCUT2D eigenvalue weighted by molar-refractivity contribution is 6.35. The summed E-state index contributed by atoms with van der Waals surface area (Å²) in [5, 5.41) is 6.01. The van der Waals surface area contributed by atoms with Gasteiger partial charge in [-0.15, -0.1) is 0 Å². The van der Waals surface area contributed by atoms with Crippen molar-refractivity contribution >= 4 is 46.4 Å². The summed E-state index contributed by atoms with van der Waals surface area (Å²) in [7, 11) is 0. The van der Waals surface area contributed by atoms with Gasteiger partial charge in [-0.25, -0.2) is 0 Å². The maximum absolute atomic E-state index is 6.19. The average Bonchev–Trinajstić information content (AvgIpc) is 2.39. The Labute approximate surface area is 138 Å². The van der Waals surface area contributed by atoms with E-state index in [2.05, 4.69) is 5.32 Å². The van der Waals surface area contributed by atoms with Crippen molar-refractivity contribution < 1.29 is 0 Å². The van der Waals surface area contributed by atoms with Crippen LogP contribution in [0.2, 0.25) is 20.1 Å². The fraction of sp³-hybridized carbons (Fsp3) is 0.200. The Balaban J connectivity index is 2.08. The van der Waals surface area contributed by atoms with E-state index in [9.17, 15) is 0 Å². The van der Waals surface area contributed by atoms with Crippen LogP contribution in [0.15, 0.2) is 36.4 Å². The van der Waals surface area contributed by atoms with Crippen LogP contribution in [0.1, 0.15) is 24.1 Å². The summed E-state index contributed by atoms with van der Waals surface area (Å²) in [5.41, 5.74) is 1.95. The highest BCUT2D eigenvalue weighted by atomic mass is 35.5. The third-order valence-electron chi connectivity index (χ3n) is 3.04. The lowest BCUT2D eigenvalue weighted by molar-refractivity contribution is 0.575. The Kier molecular flexibility index (Phi) is 5.59. The van der Waals surface area contributed by atoms with Crippen molar-refractivity contribution in [2.75, 3.05) is 0 Å². The molecule has 2 aromatic rings. The van der Waals surface area contributed by atoms with Gasteiger partial charge in [-0.2, -0.15) is 0 Å². The third kappa shape index (κ3) is 4.03. The van der Waals surface area contributed by atoms with Gasteiger partial charge in [-0.1, -0.05) is 52.5 Å². The van der Waals surface area contributed by atoms with Gasteiger partial charge in [0, 0.05) is 32.7 Å². The Morgan fingerprint density at radius 3 is 2.25 bits per heavy atom. The maximum Gasteiger partial charge on any atom is 0.0468 e. The predicted octanol–water partition coefficient (Wildman–Crippen LogP) is 6.15. The lowest BCUT2D eigenvalue weighted by atomic mass is 10.1. The lowest BCUT2D eigenvalue weighted by Gasteiger charge is -2.16. The Morgan fingerprint density at radius 1 is 0.900 bits per heavy atom. The van der Waals surface area contributed by atoms with E-state index >= 15 is 0 Å². The fourth-order valence-electron chi connectivity index (χ4n) is 1.90. The van der Waals surface area contributed by atoms with Crippen molar-refractivity contribution in [1.29, 1.82) is 0 Å². The molecule has 5 heteroatoms. The van der Waals surface area contributed by atoms with Crippen LogP contribution in [0.4, 0.5) is 0 Å². The molecule has 0 radical (unpaired) electrons. The number of halogens is 4. The summed E-state index contributed by atoms with van der Waals surface area (Å²) in [5.74, 6) is 0. The standard InChI is InChI=1S/C15H13Cl4N/c1-9(13-4-2-12(17)7-15(13)19)20-8-10-6-11(16)3-5-14(10)18/h2-7,9,20H,8H2,1H3. The molecule has 0 aliphatic heterocycles. The quantitative estimate of drug-likeness (QED) is 0.698. The third-order valence-corrected chi connectivity index (χ3v) is 4.20. The van der Waals surface area contributed by atoms with Gasteiger partial charge in [0.15, 0.2) is 0 Å². The molecule has 1 N–H and O–H groups in total. The van der Waals surface area contributed by atoms with E-state index in [1.54, 1.807) is 18.2 Å². The van der Waals surface area contributed by atoms with Gasteiger partial charge in [0.25, 0.3) is 0 Å². The zero-order chi connectivity index (χ0) is 14.7. The van der Waals surface area contributed by atoms with Crippen molar-refractivity contribution in [3.63, 3.8) is 0 Å². The van der Waals surface area contributed by atoms with Crippen molar-refractivity contribution in [1.82, 2.24) is 5.32 Å². The summed E-state index contributed by atoms with van der Waals surface area (Å²) in [4.78, 5) is 0. The van der Waals surface area contributed by atoms with Crippen molar-refractivity contribution in [3.8, 4) is 0 Å². The topological polar surface area (TPSA) is 12.0 Å². The molecule has 0 aromatic heterocycles. The minimum atomic E-state index is 0.0785. The molecule has 1 atom stereocenters. The summed E-state index contributed by atoms with van der Waals surface area (Å²) >= 11 is 24.2. The molecular formula is C15H13Cl4N. The van der Waals surface area contributed by atoms with Gasteiger partial charge >= 0.3 is 0 Å². The molecule has 0 spiro atoms. The molecule has 2 rings (SSSR count). The zero-order valence-corrected chi connectivity index (χ0v) is 13.8. The first-order valence-corrected chi connectivity index (χ1v) is 7.61. The van der Waals surface area contributed by atoms with Gasteiger partial charge in [-0.3, -0.25) is 0 Å². The van der Waals surface area contributed by atoms with Gasteiger partial charge in [-0.05, 0) is 48.4 Å². The number of rotatable bonds is 4. The minimum Gasteiger partial charge on any atom is -0.306 e. The zero-order valence-electron chi connectivity index (χ0n) is 10.8. The highest BCUT2D eigenvalue weighted by Crippen LogP contribution is 2.27. The van der Waals surface area contributed by atoms with Gasteiger partial charge < -0.3 is 5.32 Å². The van der Waals surface area contributed by atoms with Crippen molar-refractivity contribution in [2.45, 2.75) is 19.5 Å². The number of hydrogen-bond donors (Lipinski definition) is 1. The summed E-state index contributed by atoms with van der Waals surface area (Å²) < 4.78 is 0. The summed E-state index contributed by atoms with van der Waals surface area (Å²) in [6.45, 7) is 2.65. The molecule has 20 heavy (non-hydrogen) atoms.